The van der Waals surface area contributed by atoms with Gasteiger partial charge in [-0.1, -0.05) is 47.5 Å². The molecule has 2 fully saturated rings. The molecule has 0 bridgehead atoms. The SMILES string of the molecule is CCC[C@](C)(O)O[C@H]1C[C@H]2[C@@H](CC[C@@H]2C)C(C)(C)C[C@@H]1C. The fraction of sp³-hybridized carbons (Fsp3) is 1.00. The van der Waals surface area contributed by atoms with Crippen LogP contribution in [0.1, 0.15) is 80.1 Å². The third-order valence-corrected chi connectivity index (χ3v) is 6.29. The lowest BCUT2D eigenvalue weighted by molar-refractivity contribution is -0.234. The van der Waals surface area contributed by atoms with Crippen LogP contribution in [0, 0.1) is 29.1 Å². The van der Waals surface area contributed by atoms with Crippen LogP contribution >= 0.6 is 0 Å². The van der Waals surface area contributed by atoms with Crippen molar-refractivity contribution in [1.82, 2.24) is 0 Å². The van der Waals surface area contributed by atoms with Gasteiger partial charge < -0.3 is 9.84 Å². The van der Waals surface area contributed by atoms with Crippen LogP contribution in [0.5, 0.6) is 0 Å². The summed E-state index contributed by atoms with van der Waals surface area (Å²) in [6, 6.07) is 0. The molecule has 0 spiro atoms. The van der Waals surface area contributed by atoms with E-state index in [2.05, 4.69) is 34.6 Å². The molecule has 6 atom stereocenters. The highest BCUT2D eigenvalue weighted by Crippen LogP contribution is 2.54. The molecular formula is C19H36O2. The van der Waals surface area contributed by atoms with Crippen LogP contribution in [-0.4, -0.2) is 17.0 Å². The Kier molecular flexibility index (Phi) is 5.10. The summed E-state index contributed by atoms with van der Waals surface area (Å²) in [5, 5.41) is 10.5. The Morgan fingerprint density at radius 1 is 1.19 bits per heavy atom. The van der Waals surface area contributed by atoms with Crippen molar-refractivity contribution in [2.75, 3.05) is 0 Å². The van der Waals surface area contributed by atoms with E-state index in [-0.39, 0.29) is 6.10 Å². The van der Waals surface area contributed by atoms with Crippen molar-refractivity contribution in [2.24, 2.45) is 29.1 Å². The van der Waals surface area contributed by atoms with Crippen molar-refractivity contribution >= 4 is 0 Å². The molecule has 0 unspecified atom stereocenters. The van der Waals surface area contributed by atoms with E-state index in [9.17, 15) is 5.11 Å². The summed E-state index contributed by atoms with van der Waals surface area (Å²) in [7, 11) is 0. The summed E-state index contributed by atoms with van der Waals surface area (Å²) >= 11 is 0. The number of aliphatic hydroxyl groups is 1. The van der Waals surface area contributed by atoms with E-state index in [1.54, 1.807) is 0 Å². The molecule has 0 aromatic heterocycles. The third kappa shape index (κ3) is 3.82. The van der Waals surface area contributed by atoms with Crippen LogP contribution in [0.2, 0.25) is 0 Å². The lowest BCUT2D eigenvalue weighted by Crippen LogP contribution is -2.37. The first-order valence-electron chi connectivity index (χ1n) is 9.06. The highest BCUT2D eigenvalue weighted by atomic mass is 16.6. The maximum Gasteiger partial charge on any atom is 0.162 e. The van der Waals surface area contributed by atoms with Crippen LogP contribution < -0.4 is 0 Å². The zero-order valence-corrected chi connectivity index (χ0v) is 15.0. The second kappa shape index (κ2) is 6.20. The zero-order valence-electron chi connectivity index (χ0n) is 15.0. The predicted molar refractivity (Wildman–Crippen MR) is 88.0 cm³/mol. The number of hydrogen-bond donors (Lipinski definition) is 1. The molecule has 2 aliphatic rings. The summed E-state index contributed by atoms with van der Waals surface area (Å²) < 4.78 is 6.22. The molecule has 0 radical (unpaired) electrons. The standard InChI is InChI=1S/C19H36O2/c1-7-10-19(6,20)21-17-11-15-13(2)8-9-16(15)18(4,5)12-14(17)3/h13-17,20H,7-12H2,1-6H3/t13-,14-,15+,16+,17-,19+/m0/s1. The molecule has 2 heteroatoms. The molecule has 0 heterocycles. The fourth-order valence-corrected chi connectivity index (χ4v) is 5.26. The van der Waals surface area contributed by atoms with Crippen LogP contribution in [0.25, 0.3) is 0 Å². The van der Waals surface area contributed by atoms with E-state index in [4.69, 9.17) is 4.74 Å². The maximum atomic E-state index is 10.5. The van der Waals surface area contributed by atoms with Gasteiger partial charge in [-0.15, -0.1) is 0 Å². The van der Waals surface area contributed by atoms with Gasteiger partial charge in [-0.3, -0.25) is 0 Å². The molecule has 2 nitrogen and oxygen atoms in total. The number of hydrogen-bond acceptors (Lipinski definition) is 2. The normalized spacial score (nSPS) is 42.1. The van der Waals surface area contributed by atoms with Gasteiger partial charge in [0, 0.05) is 6.42 Å². The van der Waals surface area contributed by atoms with Gasteiger partial charge in [-0.05, 0) is 55.3 Å². The van der Waals surface area contributed by atoms with Crippen molar-refractivity contribution in [1.29, 1.82) is 0 Å². The van der Waals surface area contributed by atoms with Gasteiger partial charge in [0.1, 0.15) is 0 Å². The monoisotopic (exact) mass is 296 g/mol. The second-order valence-corrected chi connectivity index (χ2v) is 8.81. The van der Waals surface area contributed by atoms with E-state index < -0.39 is 5.79 Å². The minimum Gasteiger partial charge on any atom is -0.366 e. The Bertz CT molecular complexity index is 347. The zero-order chi connectivity index (χ0) is 15.8. The van der Waals surface area contributed by atoms with Crippen LogP contribution in [0.15, 0.2) is 0 Å². The summed E-state index contributed by atoms with van der Waals surface area (Å²) in [6.07, 6.45) is 6.99. The molecule has 0 aliphatic heterocycles. The molecule has 0 amide bonds. The summed E-state index contributed by atoms with van der Waals surface area (Å²) in [5.41, 5.74) is 0.406. The Balaban J connectivity index is 2.15. The Hall–Kier alpha value is -0.0800. The number of rotatable bonds is 4. The first-order chi connectivity index (χ1) is 9.66. The summed E-state index contributed by atoms with van der Waals surface area (Å²) in [4.78, 5) is 0. The van der Waals surface area contributed by atoms with Crippen molar-refractivity contribution < 1.29 is 9.84 Å². The first-order valence-corrected chi connectivity index (χ1v) is 9.06. The molecular weight excluding hydrogens is 260 g/mol. The van der Waals surface area contributed by atoms with Gasteiger partial charge in [0.2, 0.25) is 0 Å². The van der Waals surface area contributed by atoms with Crippen LogP contribution in [0.4, 0.5) is 0 Å². The van der Waals surface area contributed by atoms with Crippen molar-refractivity contribution in [3.05, 3.63) is 0 Å². The fourth-order valence-electron chi connectivity index (χ4n) is 5.26. The summed E-state index contributed by atoms with van der Waals surface area (Å²) in [5.74, 6) is 1.98. The smallest absolute Gasteiger partial charge is 0.162 e. The van der Waals surface area contributed by atoms with Crippen molar-refractivity contribution in [3.63, 3.8) is 0 Å². The van der Waals surface area contributed by atoms with Gasteiger partial charge >= 0.3 is 0 Å². The van der Waals surface area contributed by atoms with E-state index in [1.165, 1.54) is 19.3 Å². The lowest BCUT2D eigenvalue weighted by Gasteiger charge is -2.35. The molecule has 21 heavy (non-hydrogen) atoms. The topological polar surface area (TPSA) is 29.5 Å². The second-order valence-electron chi connectivity index (χ2n) is 8.81. The third-order valence-electron chi connectivity index (χ3n) is 6.29. The van der Waals surface area contributed by atoms with Gasteiger partial charge in [-0.25, -0.2) is 0 Å². The Labute approximate surface area is 131 Å². The van der Waals surface area contributed by atoms with Gasteiger partial charge in [0.25, 0.3) is 0 Å². The Morgan fingerprint density at radius 3 is 2.48 bits per heavy atom. The number of ether oxygens (including phenoxy) is 1. The molecule has 2 aliphatic carbocycles. The molecule has 124 valence electrons. The van der Waals surface area contributed by atoms with Gasteiger partial charge in [0.05, 0.1) is 6.10 Å². The van der Waals surface area contributed by atoms with Crippen LogP contribution in [-0.2, 0) is 4.74 Å². The van der Waals surface area contributed by atoms with Gasteiger partial charge in [-0.2, -0.15) is 0 Å². The lowest BCUT2D eigenvalue weighted by atomic mass is 9.70. The predicted octanol–water partition coefficient (Wildman–Crippen LogP) is 5.00. The first kappa shape index (κ1) is 17.3. The average Bonchev–Trinajstić information content (AvgIpc) is 2.65. The Morgan fingerprint density at radius 2 is 1.86 bits per heavy atom. The quantitative estimate of drug-likeness (QED) is 0.740. The van der Waals surface area contributed by atoms with E-state index in [1.807, 2.05) is 6.92 Å². The van der Waals surface area contributed by atoms with Crippen molar-refractivity contribution in [3.8, 4) is 0 Å². The largest absolute Gasteiger partial charge is 0.366 e. The molecule has 0 aromatic carbocycles. The molecule has 2 saturated carbocycles. The average molecular weight is 296 g/mol. The highest BCUT2D eigenvalue weighted by Gasteiger charge is 2.48. The van der Waals surface area contributed by atoms with E-state index in [0.29, 0.717) is 11.3 Å². The number of fused-ring (bicyclic) bond motifs is 1. The minimum absolute atomic E-state index is 0.210. The molecule has 0 aromatic rings. The van der Waals surface area contributed by atoms with Crippen molar-refractivity contribution in [2.45, 2.75) is 92.0 Å². The van der Waals surface area contributed by atoms with E-state index >= 15 is 0 Å². The molecule has 2 rings (SSSR count). The minimum atomic E-state index is -0.959. The van der Waals surface area contributed by atoms with Gasteiger partial charge in [0.15, 0.2) is 5.79 Å². The summed E-state index contributed by atoms with van der Waals surface area (Å²) in [6.45, 7) is 13.6. The maximum absolute atomic E-state index is 10.5. The molecule has 1 N–H and O–H groups in total. The van der Waals surface area contributed by atoms with Crippen LogP contribution in [0.3, 0.4) is 0 Å². The highest BCUT2D eigenvalue weighted by molar-refractivity contribution is 4.97. The van der Waals surface area contributed by atoms with E-state index in [0.717, 1.165) is 37.0 Å². The molecule has 0 saturated heterocycles.